The molecule has 2 aromatic rings. The van der Waals surface area contributed by atoms with E-state index in [1.54, 1.807) is 16.8 Å². The van der Waals surface area contributed by atoms with Crippen LogP contribution in [0.4, 0.5) is 5.69 Å². The normalized spacial score (nSPS) is 10.8. The first-order chi connectivity index (χ1) is 9.60. The molecule has 2 rings (SSSR count). The minimum Gasteiger partial charge on any atom is -0.258 e. The third-order valence-electron chi connectivity index (χ3n) is 3.00. The Hall–Kier alpha value is -1.95. The summed E-state index contributed by atoms with van der Waals surface area (Å²) in [6.07, 6.45) is 1.48. The van der Waals surface area contributed by atoms with Crippen molar-refractivity contribution in [2.24, 2.45) is 0 Å². The molecule has 6 nitrogen and oxygen atoms in total. The number of alkyl halides is 1. The van der Waals surface area contributed by atoms with Gasteiger partial charge >= 0.3 is 0 Å². The van der Waals surface area contributed by atoms with Gasteiger partial charge in [0.1, 0.15) is 5.82 Å². The van der Waals surface area contributed by atoms with Gasteiger partial charge in [0.05, 0.1) is 16.5 Å². The summed E-state index contributed by atoms with van der Waals surface area (Å²) >= 11 is 5.79. The van der Waals surface area contributed by atoms with Crippen molar-refractivity contribution >= 4 is 17.3 Å². The van der Waals surface area contributed by atoms with E-state index < -0.39 is 4.92 Å². The van der Waals surface area contributed by atoms with Crippen molar-refractivity contribution < 1.29 is 4.92 Å². The fourth-order valence-corrected chi connectivity index (χ4v) is 2.18. The molecule has 0 bridgehead atoms. The first-order valence-corrected chi connectivity index (χ1v) is 6.92. The smallest absolute Gasteiger partial charge is 0.258 e. The highest BCUT2D eigenvalue weighted by Crippen LogP contribution is 2.24. The molecule has 0 fully saturated rings. The van der Waals surface area contributed by atoms with Crippen LogP contribution in [-0.2, 0) is 18.7 Å². The van der Waals surface area contributed by atoms with Crippen molar-refractivity contribution in [3.63, 3.8) is 0 Å². The van der Waals surface area contributed by atoms with Crippen LogP contribution in [-0.4, -0.2) is 19.7 Å². The highest BCUT2D eigenvalue weighted by Gasteiger charge is 2.16. The standard InChI is InChI=1S/C13H15ClN4O2/c1-3-12-15-13(4-2)17(16-12)10-5-6-11(18(19)20)9(7-10)8-14/h5-7H,3-4,8H2,1-2H3. The van der Waals surface area contributed by atoms with E-state index in [2.05, 4.69) is 10.1 Å². The summed E-state index contributed by atoms with van der Waals surface area (Å²) in [5.41, 5.74) is 1.25. The first-order valence-electron chi connectivity index (χ1n) is 6.39. The summed E-state index contributed by atoms with van der Waals surface area (Å²) in [7, 11) is 0. The van der Waals surface area contributed by atoms with Crippen LogP contribution in [0.5, 0.6) is 0 Å². The Morgan fingerprint density at radius 1 is 1.35 bits per heavy atom. The molecule has 0 saturated carbocycles. The van der Waals surface area contributed by atoms with Crippen molar-refractivity contribution in [2.75, 3.05) is 0 Å². The number of nitro groups is 1. The number of hydrogen-bond acceptors (Lipinski definition) is 4. The van der Waals surface area contributed by atoms with Crippen molar-refractivity contribution in [1.82, 2.24) is 14.8 Å². The van der Waals surface area contributed by atoms with E-state index in [1.165, 1.54) is 6.07 Å². The molecule has 7 heteroatoms. The number of halogens is 1. The number of benzene rings is 1. The molecule has 1 aromatic carbocycles. The lowest BCUT2D eigenvalue weighted by Gasteiger charge is -2.06. The molecule has 0 saturated heterocycles. The van der Waals surface area contributed by atoms with Gasteiger partial charge in [-0.05, 0) is 12.1 Å². The summed E-state index contributed by atoms with van der Waals surface area (Å²) in [6.45, 7) is 3.98. The molecule has 20 heavy (non-hydrogen) atoms. The van der Waals surface area contributed by atoms with Gasteiger partial charge in [0.25, 0.3) is 5.69 Å². The third kappa shape index (κ3) is 2.65. The van der Waals surface area contributed by atoms with E-state index in [1.807, 2.05) is 13.8 Å². The van der Waals surface area contributed by atoms with Gasteiger partial charge in [-0.2, -0.15) is 5.10 Å². The Morgan fingerprint density at radius 3 is 2.65 bits per heavy atom. The number of hydrogen-bond donors (Lipinski definition) is 0. The Labute approximate surface area is 121 Å². The predicted octanol–water partition coefficient (Wildman–Crippen LogP) is 3.04. The minimum absolute atomic E-state index is 0.0256. The zero-order valence-electron chi connectivity index (χ0n) is 11.3. The van der Waals surface area contributed by atoms with Gasteiger partial charge in [0.15, 0.2) is 5.82 Å². The molecule has 0 aliphatic rings. The Kier molecular flexibility index (Phi) is 4.34. The zero-order chi connectivity index (χ0) is 14.7. The molecule has 0 N–H and O–H groups in total. The second-order valence-corrected chi connectivity index (χ2v) is 4.53. The van der Waals surface area contributed by atoms with Crippen molar-refractivity contribution in [3.8, 4) is 5.69 Å². The summed E-state index contributed by atoms with van der Waals surface area (Å²) in [4.78, 5) is 14.9. The monoisotopic (exact) mass is 294 g/mol. The summed E-state index contributed by atoms with van der Waals surface area (Å²) < 4.78 is 1.72. The molecule has 0 amide bonds. The van der Waals surface area contributed by atoms with Crippen molar-refractivity contribution in [2.45, 2.75) is 32.6 Å². The van der Waals surface area contributed by atoms with Crippen LogP contribution in [0.25, 0.3) is 5.69 Å². The lowest BCUT2D eigenvalue weighted by molar-refractivity contribution is -0.385. The molecule has 1 heterocycles. The van der Waals surface area contributed by atoms with Crippen LogP contribution in [0.2, 0.25) is 0 Å². The maximum atomic E-state index is 10.9. The van der Waals surface area contributed by atoms with Crippen LogP contribution < -0.4 is 0 Å². The largest absolute Gasteiger partial charge is 0.273 e. The van der Waals surface area contributed by atoms with Crippen LogP contribution in [0.3, 0.4) is 0 Å². The van der Waals surface area contributed by atoms with Crippen LogP contribution in [0.15, 0.2) is 18.2 Å². The van der Waals surface area contributed by atoms with Gasteiger partial charge in [0, 0.05) is 24.5 Å². The number of nitro benzene ring substituents is 1. The van der Waals surface area contributed by atoms with Gasteiger partial charge < -0.3 is 0 Å². The van der Waals surface area contributed by atoms with Gasteiger partial charge in [-0.25, -0.2) is 9.67 Å². The predicted molar refractivity (Wildman–Crippen MR) is 76.3 cm³/mol. The second kappa shape index (κ2) is 6.00. The SMILES string of the molecule is CCc1nc(CC)n(-c2ccc([N+](=O)[O-])c(CCl)c2)n1. The Morgan fingerprint density at radius 2 is 2.10 bits per heavy atom. The molecule has 0 spiro atoms. The number of rotatable bonds is 5. The van der Waals surface area contributed by atoms with E-state index >= 15 is 0 Å². The zero-order valence-corrected chi connectivity index (χ0v) is 12.1. The average molecular weight is 295 g/mol. The topological polar surface area (TPSA) is 73.8 Å². The van der Waals surface area contributed by atoms with E-state index in [0.717, 1.165) is 30.2 Å². The van der Waals surface area contributed by atoms with E-state index in [9.17, 15) is 10.1 Å². The second-order valence-electron chi connectivity index (χ2n) is 4.27. The van der Waals surface area contributed by atoms with E-state index in [0.29, 0.717) is 5.56 Å². The quantitative estimate of drug-likeness (QED) is 0.482. The highest BCUT2D eigenvalue weighted by atomic mass is 35.5. The van der Waals surface area contributed by atoms with Gasteiger partial charge in [-0.15, -0.1) is 11.6 Å². The maximum absolute atomic E-state index is 10.9. The lowest BCUT2D eigenvalue weighted by atomic mass is 10.2. The lowest BCUT2D eigenvalue weighted by Crippen LogP contribution is -2.04. The maximum Gasteiger partial charge on any atom is 0.273 e. The third-order valence-corrected chi connectivity index (χ3v) is 3.29. The molecule has 0 unspecified atom stereocenters. The molecular weight excluding hydrogens is 280 g/mol. The molecule has 0 aliphatic heterocycles. The van der Waals surface area contributed by atoms with Crippen LogP contribution >= 0.6 is 11.6 Å². The minimum atomic E-state index is -0.430. The van der Waals surface area contributed by atoms with Crippen LogP contribution in [0, 0.1) is 10.1 Å². The van der Waals surface area contributed by atoms with E-state index in [4.69, 9.17) is 11.6 Å². The average Bonchev–Trinajstić information content (AvgIpc) is 2.89. The van der Waals surface area contributed by atoms with E-state index in [-0.39, 0.29) is 11.6 Å². The Bertz CT molecular complexity index is 639. The number of aromatic nitrogens is 3. The number of nitrogens with zero attached hydrogens (tertiary/aromatic N) is 4. The van der Waals surface area contributed by atoms with Gasteiger partial charge in [-0.1, -0.05) is 13.8 Å². The summed E-state index contributed by atoms with van der Waals surface area (Å²) in [5.74, 6) is 1.67. The Balaban J connectivity index is 2.53. The molecule has 0 atom stereocenters. The van der Waals surface area contributed by atoms with Crippen LogP contribution in [0.1, 0.15) is 31.1 Å². The van der Waals surface area contributed by atoms with Gasteiger partial charge in [0.2, 0.25) is 0 Å². The fourth-order valence-electron chi connectivity index (χ4n) is 1.97. The molecule has 106 valence electrons. The highest BCUT2D eigenvalue weighted by molar-refractivity contribution is 6.17. The molecule has 1 aromatic heterocycles. The van der Waals surface area contributed by atoms with Gasteiger partial charge in [-0.3, -0.25) is 10.1 Å². The molecule has 0 aliphatic carbocycles. The first kappa shape index (κ1) is 14.5. The molecular formula is C13H15ClN4O2. The summed E-state index contributed by atoms with van der Waals surface area (Å²) in [5, 5.41) is 15.3. The molecule has 0 radical (unpaired) electrons. The fraction of sp³-hybridized carbons (Fsp3) is 0.385. The van der Waals surface area contributed by atoms with Crippen molar-refractivity contribution in [1.29, 1.82) is 0 Å². The number of aryl methyl sites for hydroxylation is 2. The summed E-state index contributed by atoms with van der Waals surface area (Å²) in [6, 6.07) is 4.82. The van der Waals surface area contributed by atoms with Crippen molar-refractivity contribution in [3.05, 3.63) is 45.5 Å².